The maximum atomic E-state index is 6.20. The lowest BCUT2D eigenvalue weighted by atomic mass is 10.0. The van der Waals surface area contributed by atoms with Crippen LogP contribution in [0.1, 0.15) is 31.9 Å². The second-order valence-electron chi connectivity index (χ2n) is 4.16. The Labute approximate surface area is 103 Å². The molecule has 90 valence electrons. The highest BCUT2D eigenvalue weighted by Crippen LogP contribution is 2.27. The van der Waals surface area contributed by atoms with Crippen molar-refractivity contribution in [3.63, 3.8) is 0 Å². The van der Waals surface area contributed by atoms with Gasteiger partial charge in [0.2, 0.25) is 0 Å². The Bertz CT molecular complexity index is 323. The maximum Gasteiger partial charge on any atom is 0.0453 e. The molecule has 2 atom stereocenters. The molecule has 0 aliphatic heterocycles. The molecule has 1 aromatic carbocycles. The van der Waals surface area contributed by atoms with E-state index in [0.29, 0.717) is 18.6 Å². The van der Waals surface area contributed by atoms with Gasteiger partial charge in [-0.25, -0.2) is 0 Å². The summed E-state index contributed by atoms with van der Waals surface area (Å²) >= 11 is 6.20. The lowest BCUT2D eigenvalue weighted by molar-refractivity contribution is 0.184. The van der Waals surface area contributed by atoms with Gasteiger partial charge in [0.05, 0.1) is 0 Å². The molecule has 0 aliphatic carbocycles. The molecule has 0 saturated heterocycles. The van der Waals surface area contributed by atoms with Crippen LogP contribution in [0.2, 0.25) is 5.02 Å². The Hall–Kier alpha value is -0.570. The summed E-state index contributed by atoms with van der Waals surface area (Å²) in [5, 5.41) is 0.828. The third-order valence-corrected chi connectivity index (χ3v) is 3.63. The lowest BCUT2D eigenvalue weighted by Gasteiger charge is -2.32. The molecule has 0 spiro atoms. The van der Waals surface area contributed by atoms with Crippen molar-refractivity contribution in [2.75, 3.05) is 13.6 Å². The summed E-state index contributed by atoms with van der Waals surface area (Å²) in [4.78, 5) is 2.29. The van der Waals surface area contributed by atoms with Gasteiger partial charge in [-0.2, -0.15) is 0 Å². The Morgan fingerprint density at radius 3 is 2.50 bits per heavy atom. The summed E-state index contributed by atoms with van der Waals surface area (Å²) in [7, 11) is 2.11. The third kappa shape index (κ3) is 2.97. The van der Waals surface area contributed by atoms with Gasteiger partial charge in [0.15, 0.2) is 0 Å². The van der Waals surface area contributed by atoms with Crippen LogP contribution in [0.3, 0.4) is 0 Å². The first kappa shape index (κ1) is 13.5. The normalized spacial score (nSPS) is 15.1. The van der Waals surface area contributed by atoms with Crippen molar-refractivity contribution >= 4 is 11.6 Å². The van der Waals surface area contributed by atoms with Gasteiger partial charge in [-0.05, 0) is 32.0 Å². The molecule has 0 fully saturated rings. The average Bonchev–Trinajstić information content (AvgIpc) is 2.30. The van der Waals surface area contributed by atoms with Gasteiger partial charge < -0.3 is 5.73 Å². The number of hydrogen-bond donors (Lipinski definition) is 1. The van der Waals surface area contributed by atoms with E-state index in [1.165, 1.54) is 5.56 Å². The van der Waals surface area contributed by atoms with Crippen molar-refractivity contribution in [2.45, 2.75) is 32.4 Å². The van der Waals surface area contributed by atoms with Crippen LogP contribution in [0.15, 0.2) is 24.3 Å². The van der Waals surface area contributed by atoms with Crippen molar-refractivity contribution in [2.24, 2.45) is 5.73 Å². The number of halogens is 1. The second kappa shape index (κ2) is 6.24. The van der Waals surface area contributed by atoms with Gasteiger partial charge in [0.25, 0.3) is 0 Å². The monoisotopic (exact) mass is 240 g/mol. The molecular weight excluding hydrogens is 220 g/mol. The SMILES string of the molecule is CCC(CN)N(C)C(C)c1ccccc1Cl. The van der Waals surface area contributed by atoms with Gasteiger partial charge in [0.1, 0.15) is 0 Å². The number of rotatable bonds is 5. The Morgan fingerprint density at radius 2 is 2.00 bits per heavy atom. The molecule has 1 rings (SSSR count). The van der Waals surface area contributed by atoms with Crippen molar-refractivity contribution < 1.29 is 0 Å². The van der Waals surface area contributed by atoms with Crippen molar-refractivity contribution in [3.05, 3.63) is 34.9 Å². The van der Waals surface area contributed by atoms with Crippen LogP contribution in [-0.4, -0.2) is 24.5 Å². The zero-order valence-electron chi connectivity index (χ0n) is 10.3. The van der Waals surface area contributed by atoms with Gasteiger partial charge in [-0.1, -0.05) is 36.7 Å². The highest BCUT2D eigenvalue weighted by molar-refractivity contribution is 6.31. The van der Waals surface area contributed by atoms with Crippen LogP contribution >= 0.6 is 11.6 Å². The van der Waals surface area contributed by atoms with Gasteiger partial charge in [-0.15, -0.1) is 0 Å². The third-order valence-electron chi connectivity index (χ3n) is 3.29. The molecule has 2 nitrogen and oxygen atoms in total. The lowest BCUT2D eigenvalue weighted by Crippen LogP contribution is -2.39. The zero-order chi connectivity index (χ0) is 12.1. The van der Waals surface area contributed by atoms with Crippen LogP contribution in [0.4, 0.5) is 0 Å². The Kier molecular flexibility index (Phi) is 5.26. The number of likely N-dealkylation sites (N-methyl/N-ethyl adjacent to an activating group) is 1. The smallest absolute Gasteiger partial charge is 0.0453 e. The Balaban J connectivity index is 2.85. The molecule has 0 aliphatic rings. The van der Waals surface area contributed by atoms with E-state index >= 15 is 0 Å². The summed E-state index contributed by atoms with van der Waals surface area (Å²) in [5.74, 6) is 0. The first-order valence-electron chi connectivity index (χ1n) is 5.78. The van der Waals surface area contributed by atoms with Crippen molar-refractivity contribution in [1.82, 2.24) is 4.90 Å². The minimum atomic E-state index is 0.294. The molecule has 0 aromatic heterocycles. The second-order valence-corrected chi connectivity index (χ2v) is 4.57. The molecular formula is C13H21ClN2. The van der Waals surface area contributed by atoms with Crippen molar-refractivity contribution in [1.29, 1.82) is 0 Å². The molecule has 0 bridgehead atoms. The van der Waals surface area contributed by atoms with Crippen LogP contribution in [0, 0.1) is 0 Å². The van der Waals surface area contributed by atoms with E-state index in [0.717, 1.165) is 11.4 Å². The highest BCUT2D eigenvalue weighted by atomic mass is 35.5. The maximum absolute atomic E-state index is 6.20. The fraction of sp³-hybridized carbons (Fsp3) is 0.538. The number of hydrogen-bond acceptors (Lipinski definition) is 2. The van der Waals surface area contributed by atoms with Crippen LogP contribution in [0.25, 0.3) is 0 Å². The van der Waals surface area contributed by atoms with Gasteiger partial charge >= 0.3 is 0 Å². The zero-order valence-corrected chi connectivity index (χ0v) is 11.0. The van der Waals surface area contributed by atoms with E-state index in [1.807, 2.05) is 18.2 Å². The van der Waals surface area contributed by atoms with Gasteiger partial charge in [0, 0.05) is 23.7 Å². The number of nitrogens with zero attached hydrogens (tertiary/aromatic N) is 1. The molecule has 0 saturated carbocycles. The summed E-state index contributed by atoms with van der Waals surface area (Å²) in [6.07, 6.45) is 1.06. The first-order valence-corrected chi connectivity index (χ1v) is 6.16. The van der Waals surface area contributed by atoms with Gasteiger partial charge in [-0.3, -0.25) is 4.90 Å². The minimum absolute atomic E-state index is 0.294. The molecule has 2 N–H and O–H groups in total. The summed E-state index contributed by atoms with van der Waals surface area (Å²) in [6.45, 7) is 5.01. The minimum Gasteiger partial charge on any atom is -0.329 e. The van der Waals surface area contributed by atoms with Crippen LogP contribution < -0.4 is 5.73 Å². The van der Waals surface area contributed by atoms with E-state index in [-0.39, 0.29) is 0 Å². The van der Waals surface area contributed by atoms with Crippen LogP contribution in [0.5, 0.6) is 0 Å². The predicted molar refractivity (Wildman–Crippen MR) is 70.8 cm³/mol. The number of nitrogens with two attached hydrogens (primary N) is 1. The van der Waals surface area contributed by atoms with Crippen molar-refractivity contribution in [3.8, 4) is 0 Å². The van der Waals surface area contributed by atoms with E-state index in [9.17, 15) is 0 Å². The summed E-state index contributed by atoms with van der Waals surface area (Å²) < 4.78 is 0. The topological polar surface area (TPSA) is 29.3 Å². The standard InChI is InChI=1S/C13H21ClN2/c1-4-11(9-15)16(3)10(2)12-7-5-6-8-13(12)14/h5-8,10-11H,4,9,15H2,1-3H3. The molecule has 3 heteroatoms. The fourth-order valence-corrected chi connectivity index (χ4v) is 2.26. The van der Waals surface area contributed by atoms with E-state index < -0.39 is 0 Å². The number of benzene rings is 1. The molecule has 0 heterocycles. The Morgan fingerprint density at radius 1 is 1.38 bits per heavy atom. The highest BCUT2D eigenvalue weighted by Gasteiger charge is 2.19. The summed E-state index contributed by atoms with van der Waals surface area (Å²) in [5.41, 5.74) is 6.93. The predicted octanol–water partition coefficient (Wildman–Crippen LogP) is 3.07. The molecule has 16 heavy (non-hydrogen) atoms. The molecule has 2 unspecified atom stereocenters. The largest absolute Gasteiger partial charge is 0.329 e. The van der Waals surface area contributed by atoms with Crippen LogP contribution in [-0.2, 0) is 0 Å². The molecule has 0 amide bonds. The quantitative estimate of drug-likeness (QED) is 0.857. The molecule has 1 aromatic rings. The fourth-order valence-electron chi connectivity index (χ4n) is 1.97. The molecule has 0 radical (unpaired) electrons. The summed E-state index contributed by atoms with van der Waals surface area (Å²) in [6, 6.07) is 8.69. The average molecular weight is 241 g/mol. The van der Waals surface area contributed by atoms with E-state index in [2.05, 4.69) is 31.9 Å². The first-order chi connectivity index (χ1) is 7.61. The van der Waals surface area contributed by atoms with E-state index in [4.69, 9.17) is 17.3 Å². The van der Waals surface area contributed by atoms with E-state index in [1.54, 1.807) is 0 Å².